The number of hydrogen-bond acceptors (Lipinski definition) is 5. The van der Waals surface area contributed by atoms with Gasteiger partial charge >= 0.3 is 18.2 Å². The number of amides is 3. The Balaban J connectivity index is 1.69. The number of carbonyl (C=O) groups is 3. The fourth-order valence-corrected chi connectivity index (χ4v) is 4.28. The number of nitrogens with one attached hydrogen (secondary N) is 1. The van der Waals surface area contributed by atoms with Gasteiger partial charge in [0.25, 0.3) is 5.91 Å². The number of carbonyl (C=O) groups excluding carboxylic acids is 2. The maximum atomic E-state index is 14.2. The van der Waals surface area contributed by atoms with Gasteiger partial charge in [-0.15, -0.1) is 0 Å². The van der Waals surface area contributed by atoms with Gasteiger partial charge in [0.1, 0.15) is 28.5 Å². The van der Waals surface area contributed by atoms with Gasteiger partial charge in [0.2, 0.25) is 0 Å². The number of anilines is 3. The molecule has 1 aliphatic heterocycles. The molecular formula is C27H22F5N3O5. The van der Waals surface area contributed by atoms with E-state index in [2.05, 4.69) is 5.32 Å². The third-order valence-electron chi connectivity index (χ3n) is 6.45. The number of rotatable bonds is 7. The number of imide groups is 1. The minimum atomic E-state index is -5.06. The van der Waals surface area contributed by atoms with E-state index in [1.165, 1.54) is 45.2 Å². The van der Waals surface area contributed by atoms with E-state index < -0.39 is 52.5 Å². The summed E-state index contributed by atoms with van der Waals surface area (Å²) in [6.07, 6.45) is -5.06. The number of ether oxygens (including phenoxy) is 1. The minimum Gasteiger partial charge on any atom is -0.496 e. The first-order chi connectivity index (χ1) is 18.6. The Bertz CT molecular complexity index is 1520. The van der Waals surface area contributed by atoms with Crippen LogP contribution in [-0.4, -0.2) is 40.6 Å². The minimum absolute atomic E-state index is 0.0926. The molecule has 0 saturated carbocycles. The monoisotopic (exact) mass is 563 g/mol. The predicted molar refractivity (Wildman–Crippen MR) is 134 cm³/mol. The summed E-state index contributed by atoms with van der Waals surface area (Å²) in [6, 6.07) is 8.54. The number of nitrogens with zero attached hydrogens (tertiary/aromatic N) is 2. The van der Waals surface area contributed by atoms with Crippen LogP contribution in [0.3, 0.4) is 0 Å². The first-order valence-electron chi connectivity index (χ1n) is 11.6. The molecule has 40 heavy (non-hydrogen) atoms. The van der Waals surface area contributed by atoms with Crippen LogP contribution in [-0.2, 0) is 17.5 Å². The van der Waals surface area contributed by atoms with Crippen molar-refractivity contribution in [3.63, 3.8) is 0 Å². The van der Waals surface area contributed by atoms with Gasteiger partial charge in [-0.05, 0) is 67.9 Å². The van der Waals surface area contributed by atoms with Gasteiger partial charge in [-0.1, -0.05) is 6.07 Å². The number of urea groups is 1. The average Bonchev–Trinajstić information content (AvgIpc) is 3.04. The zero-order valence-corrected chi connectivity index (χ0v) is 21.3. The van der Waals surface area contributed by atoms with Crippen molar-refractivity contribution in [2.45, 2.75) is 32.1 Å². The lowest BCUT2D eigenvalue weighted by Crippen LogP contribution is -2.43. The van der Waals surface area contributed by atoms with Crippen LogP contribution in [0.2, 0.25) is 0 Å². The zero-order chi connectivity index (χ0) is 29.6. The Labute approximate surface area is 224 Å². The van der Waals surface area contributed by atoms with Crippen LogP contribution in [0.5, 0.6) is 5.75 Å². The summed E-state index contributed by atoms with van der Waals surface area (Å²) >= 11 is 0. The normalized spacial score (nSPS) is 15.0. The smallest absolute Gasteiger partial charge is 0.419 e. The molecule has 3 aromatic rings. The van der Waals surface area contributed by atoms with Crippen molar-refractivity contribution in [3.8, 4) is 5.75 Å². The number of benzene rings is 3. The molecule has 0 unspecified atom stereocenters. The number of aromatic carboxylic acids is 1. The van der Waals surface area contributed by atoms with Crippen LogP contribution in [0.4, 0.5) is 43.8 Å². The SMILES string of the molecule is COc1ccc(Nc2cc(F)ccc2CN2C(=O)N(c3ccc(F)c(C(F)(F)F)c3)C(=O)C2(C)C)cc1C(=O)O. The Morgan fingerprint density at radius 3 is 2.35 bits per heavy atom. The Morgan fingerprint density at radius 2 is 1.73 bits per heavy atom. The van der Waals surface area contributed by atoms with Crippen LogP contribution in [0.15, 0.2) is 54.6 Å². The van der Waals surface area contributed by atoms with Crippen LogP contribution < -0.4 is 15.0 Å². The Hall–Kier alpha value is -4.68. The largest absolute Gasteiger partial charge is 0.496 e. The molecular weight excluding hydrogens is 541 g/mol. The van der Waals surface area contributed by atoms with Gasteiger partial charge < -0.3 is 20.1 Å². The molecule has 0 bridgehead atoms. The molecule has 0 aromatic heterocycles. The maximum absolute atomic E-state index is 14.2. The highest BCUT2D eigenvalue weighted by Gasteiger charge is 2.52. The number of carboxylic acid groups (broad SMARTS) is 1. The van der Waals surface area contributed by atoms with Gasteiger partial charge in [-0.2, -0.15) is 13.2 Å². The molecule has 0 radical (unpaired) electrons. The fourth-order valence-electron chi connectivity index (χ4n) is 4.28. The molecule has 0 atom stereocenters. The highest BCUT2D eigenvalue weighted by atomic mass is 19.4. The van der Waals surface area contributed by atoms with E-state index in [0.717, 1.165) is 23.1 Å². The van der Waals surface area contributed by atoms with Crippen molar-refractivity contribution < 1.29 is 46.2 Å². The first kappa shape index (κ1) is 28.3. The van der Waals surface area contributed by atoms with Crippen LogP contribution in [0, 0.1) is 11.6 Å². The summed E-state index contributed by atoms with van der Waals surface area (Å²) in [4.78, 5) is 39.8. The van der Waals surface area contributed by atoms with E-state index in [0.29, 0.717) is 22.6 Å². The maximum Gasteiger partial charge on any atom is 0.419 e. The van der Waals surface area contributed by atoms with E-state index in [4.69, 9.17) is 4.74 Å². The predicted octanol–water partition coefficient (Wildman–Crippen LogP) is 6.18. The number of hydrogen-bond donors (Lipinski definition) is 2. The average molecular weight is 563 g/mol. The first-order valence-corrected chi connectivity index (χ1v) is 11.6. The quantitative estimate of drug-likeness (QED) is 0.263. The molecule has 2 N–H and O–H groups in total. The van der Waals surface area contributed by atoms with E-state index >= 15 is 0 Å². The van der Waals surface area contributed by atoms with Gasteiger partial charge in [0, 0.05) is 11.4 Å². The van der Waals surface area contributed by atoms with Crippen molar-refractivity contribution >= 4 is 35.0 Å². The highest BCUT2D eigenvalue weighted by Crippen LogP contribution is 2.38. The van der Waals surface area contributed by atoms with E-state index in [1.54, 1.807) is 0 Å². The molecule has 1 heterocycles. The summed E-state index contributed by atoms with van der Waals surface area (Å²) < 4.78 is 72.9. The van der Waals surface area contributed by atoms with E-state index in [1.807, 2.05) is 0 Å². The lowest BCUT2D eigenvalue weighted by atomic mass is 10.0. The highest BCUT2D eigenvalue weighted by molar-refractivity contribution is 6.23. The Morgan fingerprint density at radius 1 is 1.02 bits per heavy atom. The van der Waals surface area contributed by atoms with Crippen molar-refractivity contribution in [1.82, 2.24) is 4.90 Å². The number of halogens is 5. The lowest BCUT2D eigenvalue weighted by molar-refractivity contribution is -0.140. The van der Waals surface area contributed by atoms with Crippen LogP contribution in [0.25, 0.3) is 0 Å². The second kappa shape index (κ2) is 10.1. The summed E-state index contributed by atoms with van der Waals surface area (Å²) in [6.45, 7) is 2.49. The molecule has 3 amide bonds. The van der Waals surface area contributed by atoms with E-state index in [9.17, 15) is 41.4 Å². The zero-order valence-electron chi connectivity index (χ0n) is 21.3. The molecule has 13 heteroatoms. The van der Waals surface area contributed by atoms with E-state index in [-0.39, 0.29) is 29.2 Å². The van der Waals surface area contributed by atoms with Gasteiger partial charge in [0.15, 0.2) is 0 Å². The van der Waals surface area contributed by atoms with Gasteiger partial charge in [0.05, 0.1) is 24.9 Å². The van der Waals surface area contributed by atoms with Crippen molar-refractivity contribution in [3.05, 3.63) is 82.9 Å². The second-order valence-corrected chi connectivity index (χ2v) is 9.38. The summed E-state index contributed by atoms with van der Waals surface area (Å²) in [5.74, 6) is -4.24. The molecule has 4 rings (SSSR count). The fraction of sp³-hybridized carbons (Fsp3) is 0.222. The summed E-state index contributed by atoms with van der Waals surface area (Å²) in [7, 11) is 1.30. The molecule has 0 aliphatic carbocycles. The summed E-state index contributed by atoms with van der Waals surface area (Å²) in [5, 5.41) is 12.3. The van der Waals surface area contributed by atoms with Crippen molar-refractivity contribution in [2.75, 3.05) is 17.3 Å². The third kappa shape index (κ3) is 5.14. The van der Waals surface area contributed by atoms with Crippen molar-refractivity contribution in [1.29, 1.82) is 0 Å². The second-order valence-electron chi connectivity index (χ2n) is 9.38. The third-order valence-corrected chi connectivity index (χ3v) is 6.45. The van der Waals surface area contributed by atoms with Gasteiger partial charge in [-0.3, -0.25) is 4.79 Å². The van der Waals surface area contributed by atoms with Crippen molar-refractivity contribution in [2.24, 2.45) is 0 Å². The molecule has 1 fully saturated rings. The molecule has 0 spiro atoms. The lowest BCUT2D eigenvalue weighted by Gasteiger charge is -2.28. The number of methoxy groups -OCH3 is 1. The topological polar surface area (TPSA) is 99.2 Å². The number of carboxylic acids is 1. The molecule has 210 valence electrons. The molecule has 8 nitrogen and oxygen atoms in total. The molecule has 3 aromatic carbocycles. The molecule has 1 saturated heterocycles. The van der Waals surface area contributed by atoms with Crippen LogP contribution in [0.1, 0.15) is 35.3 Å². The standard InChI is InChI=1S/C27H22F5N3O5/c1-26(2)24(38)35(17-7-8-20(29)19(12-17)27(30,31)32)25(39)34(26)13-14-4-5-15(28)10-21(14)33-16-6-9-22(40-3)18(11-16)23(36)37/h4-12,33H,13H2,1-3H3,(H,36,37). The summed E-state index contributed by atoms with van der Waals surface area (Å²) in [5.41, 5.74) is -3.12. The number of alkyl halides is 3. The van der Waals surface area contributed by atoms with Crippen LogP contribution >= 0.6 is 0 Å². The van der Waals surface area contributed by atoms with Gasteiger partial charge in [-0.25, -0.2) is 23.3 Å². The molecule has 1 aliphatic rings. The Kier molecular flexibility index (Phi) is 7.18.